The van der Waals surface area contributed by atoms with Gasteiger partial charge in [0.15, 0.2) is 11.5 Å². The van der Waals surface area contributed by atoms with E-state index in [-0.39, 0.29) is 6.04 Å². The van der Waals surface area contributed by atoms with E-state index in [1.807, 2.05) is 29.2 Å². The van der Waals surface area contributed by atoms with Crippen LogP contribution in [0.2, 0.25) is 0 Å². The predicted octanol–water partition coefficient (Wildman–Crippen LogP) is 2.80. The van der Waals surface area contributed by atoms with E-state index in [2.05, 4.69) is 30.3 Å². The molecule has 5 nitrogen and oxygen atoms in total. The van der Waals surface area contributed by atoms with E-state index in [0.717, 1.165) is 29.3 Å². The number of ether oxygens (including phenoxy) is 2. The molecule has 100 valence electrons. The van der Waals surface area contributed by atoms with Crippen molar-refractivity contribution >= 4 is 5.69 Å². The molecule has 0 saturated heterocycles. The lowest BCUT2D eigenvalue weighted by atomic mass is 10.1. The minimum Gasteiger partial charge on any atom is -0.454 e. The van der Waals surface area contributed by atoms with Crippen LogP contribution in [-0.4, -0.2) is 16.6 Å². The Morgan fingerprint density at radius 1 is 1.37 bits per heavy atom. The van der Waals surface area contributed by atoms with Crippen LogP contribution in [0.4, 0.5) is 5.69 Å². The summed E-state index contributed by atoms with van der Waals surface area (Å²) in [4.78, 5) is 0. The summed E-state index contributed by atoms with van der Waals surface area (Å²) in [5.41, 5.74) is 2.18. The molecule has 0 radical (unpaired) electrons. The zero-order valence-corrected chi connectivity index (χ0v) is 11.1. The van der Waals surface area contributed by atoms with Gasteiger partial charge in [0.2, 0.25) is 6.79 Å². The lowest BCUT2D eigenvalue weighted by Gasteiger charge is -2.14. The summed E-state index contributed by atoms with van der Waals surface area (Å²) in [7, 11) is 0. The van der Waals surface area contributed by atoms with Crippen LogP contribution in [0.5, 0.6) is 11.5 Å². The van der Waals surface area contributed by atoms with Crippen LogP contribution in [0.25, 0.3) is 0 Å². The predicted molar refractivity (Wildman–Crippen MR) is 72.5 cm³/mol. The zero-order chi connectivity index (χ0) is 13.2. The molecule has 5 heteroatoms. The van der Waals surface area contributed by atoms with Gasteiger partial charge in [0, 0.05) is 18.8 Å². The Morgan fingerprint density at radius 3 is 3.00 bits per heavy atom. The second-order valence-electron chi connectivity index (χ2n) is 4.56. The van der Waals surface area contributed by atoms with Gasteiger partial charge in [-0.2, -0.15) is 5.10 Å². The van der Waals surface area contributed by atoms with Gasteiger partial charge in [-0.05, 0) is 31.5 Å². The summed E-state index contributed by atoms with van der Waals surface area (Å²) in [5, 5.41) is 7.67. The molecule has 1 N–H and O–H groups in total. The molecule has 0 saturated carbocycles. The second kappa shape index (κ2) is 4.84. The molecular weight excluding hydrogens is 242 g/mol. The highest BCUT2D eigenvalue weighted by atomic mass is 16.7. The van der Waals surface area contributed by atoms with E-state index >= 15 is 0 Å². The van der Waals surface area contributed by atoms with E-state index in [0.29, 0.717) is 6.79 Å². The van der Waals surface area contributed by atoms with Crippen LogP contribution < -0.4 is 14.8 Å². The second-order valence-corrected chi connectivity index (χ2v) is 4.56. The third kappa shape index (κ3) is 2.36. The molecular formula is C14H17N3O2. The highest BCUT2D eigenvalue weighted by Crippen LogP contribution is 2.34. The Bertz CT molecular complexity index is 580. The Balaban J connectivity index is 1.74. The molecule has 1 atom stereocenters. The van der Waals surface area contributed by atoms with Crippen molar-refractivity contribution in [3.8, 4) is 11.5 Å². The Morgan fingerprint density at radius 2 is 2.21 bits per heavy atom. The van der Waals surface area contributed by atoms with Crippen LogP contribution in [0.15, 0.2) is 30.6 Å². The summed E-state index contributed by atoms with van der Waals surface area (Å²) < 4.78 is 12.6. The van der Waals surface area contributed by atoms with Crippen molar-refractivity contribution in [3.05, 3.63) is 36.2 Å². The fourth-order valence-corrected chi connectivity index (χ4v) is 2.13. The van der Waals surface area contributed by atoms with Crippen LogP contribution in [0.1, 0.15) is 25.5 Å². The molecule has 2 heterocycles. The molecule has 0 fully saturated rings. The largest absolute Gasteiger partial charge is 0.454 e. The smallest absolute Gasteiger partial charge is 0.231 e. The first kappa shape index (κ1) is 11.9. The minimum atomic E-state index is 0.184. The zero-order valence-electron chi connectivity index (χ0n) is 11.1. The fourth-order valence-electron chi connectivity index (χ4n) is 2.13. The summed E-state index contributed by atoms with van der Waals surface area (Å²) in [5.74, 6) is 1.63. The normalized spacial score (nSPS) is 14.4. The first-order valence-electron chi connectivity index (χ1n) is 6.45. The van der Waals surface area contributed by atoms with Crippen molar-refractivity contribution in [3.63, 3.8) is 0 Å². The molecule has 1 aliphatic rings. The van der Waals surface area contributed by atoms with Gasteiger partial charge in [-0.1, -0.05) is 6.07 Å². The van der Waals surface area contributed by atoms with Crippen LogP contribution in [0, 0.1) is 0 Å². The number of nitrogens with one attached hydrogen (secondary N) is 1. The van der Waals surface area contributed by atoms with Gasteiger partial charge in [-0.3, -0.25) is 4.68 Å². The number of fused-ring (bicyclic) bond motifs is 1. The number of aryl methyl sites for hydroxylation is 1. The maximum atomic E-state index is 5.39. The van der Waals surface area contributed by atoms with Gasteiger partial charge in [0.05, 0.1) is 11.9 Å². The Hall–Kier alpha value is -2.17. The van der Waals surface area contributed by atoms with Gasteiger partial charge in [-0.25, -0.2) is 0 Å². The fraction of sp³-hybridized carbons (Fsp3) is 0.357. The molecule has 1 aromatic carbocycles. The Kier molecular flexibility index (Phi) is 3.03. The molecule has 1 aromatic heterocycles. The monoisotopic (exact) mass is 259 g/mol. The molecule has 1 unspecified atom stereocenters. The number of anilines is 1. The van der Waals surface area contributed by atoms with Crippen LogP contribution in [-0.2, 0) is 6.54 Å². The van der Waals surface area contributed by atoms with Crippen molar-refractivity contribution in [1.82, 2.24) is 9.78 Å². The third-order valence-electron chi connectivity index (χ3n) is 3.24. The van der Waals surface area contributed by atoms with E-state index in [9.17, 15) is 0 Å². The summed E-state index contributed by atoms with van der Waals surface area (Å²) in [6.45, 7) is 5.36. The maximum Gasteiger partial charge on any atom is 0.231 e. The molecule has 1 aliphatic heterocycles. The minimum absolute atomic E-state index is 0.184. The Labute approximate surface area is 112 Å². The average Bonchev–Trinajstić information content (AvgIpc) is 3.05. The quantitative estimate of drug-likeness (QED) is 0.917. The van der Waals surface area contributed by atoms with Gasteiger partial charge >= 0.3 is 0 Å². The molecule has 0 spiro atoms. The summed E-state index contributed by atoms with van der Waals surface area (Å²) in [6, 6.07) is 6.20. The van der Waals surface area contributed by atoms with Crippen molar-refractivity contribution in [2.24, 2.45) is 0 Å². The molecule has 0 amide bonds. The topological polar surface area (TPSA) is 48.3 Å². The van der Waals surface area contributed by atoms with Gasteiger partial charge in [-0.15, -0.1) is 0 Å². The highest BCUT2D eigenvalue weighted by molar-refractivity contribution is 5.48. The SMILES string of the molecule is CCn1cc(NC(C)c2ccc3c(c2)OCO3)cn1. The van der Waals surface area contributed by atoms with Crippen LogP contribution in [0.3, 0.4) is 0 Å². The third-order valence-corrected chi connectivity index (χ3v) is 3.24. The van der Waals surface area contributed by atoms with Crippen molar-refractivity contribution in [2.75, 3.05) is 12.1 Å². The highest BCUT2D eigenvalue weighted by Gasteiger charge is 2.15. The maximum absolute atomic E-state index is 5.39. The molecule has 2 aromatic rings. The lowest BCUT2D eigenvalue weighted by Crippen LogP contribution is -2.05. The first-order valence-corrected chi connectivity index (χ1v) is 6.45. The summed E-state index contributed by atoms with van der Waals surface area (Å²) >= 11 is 0. The van der Waals surface area contributed by atoms with E-state index < -0.39 is 0 Å². The number of hydrogen-bond acceptors (Lipinski definition) is 4. The van der Waals surface area contributed by atoms with Crippen LogP contribution >= 0.6 is 0 Å². The number of aromatic nitrogens is 2. The van der Waals surface area contributed by atoms with E-state index in [1.54, 1.807) is 0 Å². The number of hydrogen-bond donors (Lipinski definition) is 1. The number of nitrogens with zero attached hydrogens (tertiary/aromatic N) is 2. The van der Waals surface area contributed by atoms with Gasteiger partial charge in [0.25, 0.3) is 0 Å². The van der Waals surface area contributed by atoms with Crippen molar-refractivity contribution in [2.45, 2.75) is 26.4 Å². The number of benzene rings is 1. The number of rotatable bonds is 4. The average molecular weight is 259 g/mol. The summed E-state index contributed by atoms with van der Waals surface area (Å²) in [6.07, 6.45) is 3.84. The molecule has 19 heavy (non-hydrogen) atoms. The lowest BCUT2D eigenvalue weighted by molar-refractivity contribution is 0.174. The van der Waals surface area contributed by atoms with E-state index in [4.69, 9.17) is 9.47 Å². The first-order chi connectivity index (χ1) is 9.26. The van der Waals surface area contributed by atoms with Crippen molar-refractivity contribution in [1.29, 1.82) is 0 Å². The van der Waals surface area contributed by atoms with Crippen molar-refractivity contribution < 1.29 is 9.47 Å². The van der Waals surface area contributed by atoms with E-state index in [1.165, 1.54) is 0 Å². The van der Waals surface area contributed by atoms with Gasteiger partial charge in [0.1, 0.15) is 0 Å². The molecule has 0 aliphatic carbocycles. The molecule has 3 rings (SSSR count). The molecule has 0 bridgehead atoms. The standard InChI is InChI=1S/C14H17N3O2/c1-3-17-8-12(7-15-17)16-10(2)11-4-5-13-14(6-11)19-9-18-13/h4-8,10,16H,3,9H2,1-2H3. The van der Waals surface area contributed by atoms with Gasteiger partial charge < -0.3 is 14.8 Å².